The van der Waals surface area contributed by atoms with Gasteiger partial charge in [-0.15, -0.1) is 0 Å². The normalized spacial score (nSPS) is 12.4. The first kappa shape index (κ1) is 20.5. The second kappa shape index (κ2) is 9.21. The van der Waals surface area contributed by atoms with Crippen molar-refractivity contribution >= 4 is 29.2 Å². The van der Waals surface area contributed by atoms with Crippen molar-refractivity contribution in [2.45, 2.75) is 51.6 Å². The lowest BCUT2D eigenvalue weighted by molar-refractivity contribution is -0.152. The van der Waals surface area contributed by atoms with E-state index in [4.69, 9.17) is 4.74 Å². The van der Waals surface area contributed by atoms with Crippen molar-refractivity contribution in [1.82, 2.24) is 15.6 Å². The summed E-state index contributed by atoms with van der Waals surface area (Å²) in [5.74, 6) is -0.939. The Balaban J connectivity index is 2.07. The van der Waals surface area contributed by atoms with Gasteiger partial charge in [0, 0.05) is 23.5 Å². The zero-order valence-electron chi connectivity index (χ0n) is 16.0. The second-order valence-electron chi connectivity index (χ2n) is 7.00. The van der Waals surface area contributed by atoms with Crippen LogP contribution in [0.5, 0.6) is 0 Å². The number of hydrogen-bond donors (Lipinski definition) is 3. The number of carbonyl (C=O) groups excluding carboxylic acids is 3. The van der Waals surface area contributed by atoms with Crippen LogP contribution in [0, 0.1) is 0 Å². The molecular weight excluding hydrogens is 346 g/mol. The molecule has 1 aromatic heterocycles. The quantitative estimate of drug-likeness (QED) is 0.337. The first-order valence-corrected chi connectivity index (χ1v) is 9.13. The minimum atomic E-state index is -1.19. The van der Waals surface area contributed by atoms with Crippen molar-refractivity contribution in [3.63, 3.8) is 0 Å². The molecule has 0 spiro atoms. The Hall–Kier alpha value is -2.83. The molecule has 0 unspecified atom stereocenters. The van der Waals surface area contributed by atoms with E-state index in [1.807, 2.05) is 37.4 Å². The van der Waals surface area contributed by atoms with Crippen LogP contribution in [0.15, 0.2) is 30.5 Å². The fourth-order valence-corrected chi connectivity index (χ4v) is 2.77. The second-order valence-corrected chi connectivity index (χ2v) is 7.00. The van der Waals surface area contributed by atoms with Crippen molar-refractivity contribution in [2.24, 2.45) is 0 Å². The molecule has 1 heterocycles. The molecule has 0 aliphatic carbocycles. The van der Waals surface area contributed by atoms with Crippen LogP contribution in [0.4, 0.5) is 0 Å². The highest BCUT2D eigenvalue weighted by Crippen LogP contribution is 2.19. The first-order valence-electron chi connectivity index (χ1n) is 9.13. The lowest BCUT2D eigenvalue weighted by Gasteiger charge is -2.26. The minimum Gasteiger partial charge on any atom is -0.464 e. The largest absolute Gasteiger partial charge is 0.464 e. The lowest BCUT2D eigenvalue weighted by Crippen LogP contribution is -2.56. The van der Waals surface area contributed by atoms with Crippen LogP contribution in [0.1, 0.15) is 39.2 Å². The van der Waals surface area contributed by atoms with Gasteiger partial charge in [0.15, 0.2) is 0 Å². The topological polar surface area (TPSA) is 100 Å². The summed E-state index contributed by atoms with van der Waals surface area (Å²) in [6, 6.07) is 6.92. The molecule has 0 aliphatic rings. The van der Waals surface area contributed by atoms with Crippen molar-refractivity contribution in [1.29, 1.82) is 0 Å². The zero-order chi connectivity index (χ0) is 19.9. The monoisotopic (exact) mass is 373 g/mol. The number of ether oxygens (including phenoxy) is 1. The molecule has 0 radical (unpaired) electrons. The molecule has 0 bridgehead atoms. The van der Waals surface area contributed by atoms with E-state index in [0.29, 0.717) is 19.4 Å². The number of para-hydroxylation sites is 1. The summed E-state index contributed by atoms with van der Waals surface area (Å²) in [5, 5.41) is 6.21. The standard InChI is InChI=1S/C20H27N3O4/c1-4-5-10-27-19(26)20(2,3)23-18(25)17(22-13-24)11-14-12-21-16-9-7-6-8-15(14)16/h6-9,12-13,17,21H,4-5,10-11H2,1-3H3,(H,22,24)(H,23,25)/t17-/m1/s1. The number of hydrogen-bond acceptors (Lipinski definition) is 4. The van der Waals surface area contributed by atoms with E-state index in [0.717, 1.165) is 29.3 Å². The molecule has 2 rings (SSSR count). The highest BCUT2D eigenvalue weighted by Gasteiger charge is 2.33. The molecule has 0 saturated heterocycles. The van der Waals surface area contributed by atoms with Gasteiger partial charge in [-0.2, -0.15) is 0 Å². The molecule has 1 atom stereocenters. The van der Waals surface area contributed by atoms with Crippen molar-refractivity contribution in [3.8, 4) is 0 Å². The van der Waals surface area contributed by atoms with Gasteiger partial charge in [0.25, 0.3) is 0 Å². The van der Waals surface area contributed by atoms with Crippen LogP contribution in [-0.2, 0) is 25.5 Å². The number of aromatic nitrogens is 1. The molecule has 3 N–H and O–H groups in total. The number of aromatic amines is 1. The molecule has 7 nitrogen and oxygen atoms in total. The van der Waals surface area contributed by atoms with Crippen LogP contribution >= 0.6 is 0 Å². The molecule has 2 aromatic rings. The average Bonchev–Trinajstić information content (AvgIpc) is 3.04. The van der Waals surface area contributed by atoms with E-state index in [2.05, 4.69) is 15.6 Å². The predicted molar refractivity (Wildman–Crippen MR) is 103 cm³/mol. The molecule has 2 amide bonds. The molecular formula is C20H27N3O4. The summed E-state index contributed by atoms with van der Waals surface area (Å²) in [4.78, 5) is 39.1. The summed E-state index contributed by atoms with van der Waals surface area (Å²) in [6.07, 6.45) is 4.30. The number of fused-ring (bicyclic) bond motifs is 1. The highest BCUT2D eigenvalue weighted by molar-refractivity contribution is 5.91. The highest BCUT2D eigenvalue weighted by atomic mass is 16.5. The Labute approximate surface area is 158 Å². The van der Waals surface area contributed by atoms with Crippen LogP contribution < -0.4 is 10.6 Å². The van der Waals surface area contributed by atoms with Crippen molar-refractivity contribution in [3.05, 3.63) is 36.0 Å². The molecule has 146 valence electrons. The van der Waals surface area contributed by atoms with Gasteiger partial charge in [0.1, 0.15) is 11.6 Å². The smallest absolute Gasteiger partial charge is 0.331 e. The Morgan fingerprint density at radius 3 is 2.74 bits per heavy atom. The third-order valence-corrected chi connectivity index (χ3v) is 4.36. The van der Waals surface area contributed by atoms with Crippen LogP contribution in [-0.4, -0.2) is 41.5 Å². The number of nitrogens with one attached hydrogen (secondary N) is 3. The van der Waals surface area contributed by atoms with Gasteiger partial charge < -0.3 is 20.4 Å². The van der Waals surface area contributed by atoms with E-state index in [-0.39, 0.29) is 0 Å². The molecule has 1 aromatic carbocycles. The summed E-state index contributed by atoms with van der Waals surface area (Å²) in [7, 11) is 0. The number of H-pyrrole nitrogens is 1. The fourth-order valence-electron chi connectivity index (χ4n) is 2.77. The van der Waals surface area contributed by atoms with Gasteiger partial charge in [0.05, 0.1) is 6.61 Å². The SMILES string of the molecule is CCCCOC(=O)C(C)(C)NC(=O)[C@@H](Cc1c[nH]c2ccccc12)NC=O. The van der Waals surface area contributed by atoms with E-state index in [9.17, 15) is 14.4 Å². The molecule has 0 saturated carbocycles. The summed E-state index contributed by atoms with van der Waals surface area (Å²) in [6.45, 7) is 5.49. The summed E-state index contributed by atoms with van der Waals surface area (Å²) in [5.41, 5.74) is 0.675. The Kier molecular flexibility index (Phi) is 6.98. The predicted octanol–water partition coefficient (Wildman–Crippen LogP) is 2.06. The molecule has 27 heavy (non-hydrogen) atoms. The molecule has 7 heteroatoms. The molecule has 0 aliphatic heterocycles. The number of unbranched alkanes of at least 4 members (excludes halogenated alkanes) is 1. The number of esters is 1. The maximum absolute atomic E-state index is 12.7. The van der Waals surface area contributed by atoms with Gasteiger partial charge in [-0.25, -0.2) is 4.79 Å². The van der Waals surface area contributed by atoms with Gasteiger partial charge >= 0.3 is 5.97 Å². The maximum Gasteiger partial charge on any atom is 0.331 e. The van der Waals surface area contributed by atoms with Crippen LogP contribution in [0.3, 0.4) is 0 Å². The number of amides is 2. The Morgan fingerprint density at radius 1 is 1.30 bits per heavy atom. The van der Waals surface area contributed by atoms with Crippen molar-refractivity contribution < 1.29 is 19.1 Å². The average molecular weight is 373 g/mol. The third kappa shape index (κ3) is 5.32. The maximum atomic E-state index is 12.7. The van der Waals surface area contributed by atoms with Gasteiger partial charge in [0.2, 0.25) is 12.3 Å². The summed E-state index contributed by atoms with van der Waals surface area (Å²) < 4.78 is 5.20. The molecule has 0 fully saturated rings. The van der Waals surface area contributed by atoms with Gasteiger partial charge in [-0.05, 0) is 31.9 Å². The van der Waals surface area contributed by atoms with E-state index >= 15 is 0 Å². The number of benzene rings is 1. The fraction of sp³-hybridized carbons (Fsp3) is 0.450. The number of rotatable bonds is 10. The summed E-state index contributed by atoms with van der Waals surface area (Å²) >= 11 is 0. The van der Waals surface area contributed by atoms with E-state index < -0.39 is 23.5 Å². The van der Waals surface area contributed by atoms with Gasteiger partial charge in [-0.3, -0.25) is 9.59 Å². The lowest BCUT2D eigenvalue weighted by atomic mass is 10.0. The van der Waals surface area contributed by atoms with E-state index in [1.54, 1.807) is 13.8 Å². The van der Waals surface area contributed by atoms with E-state index in [1.165, 1.54) is 0 Å². The Bertz CT molecular complexity index is 797. The van der Waals surface area contributed by atoms with Crippen molar-refractivity contribution in [2.75, 3.05) is 6.61 Å². The first-order chi connectivity index (χ1) is 12.9. The Morgan fingerprint density at radius 2 is 2.04 bits per heavy atom. The van der Waals surface area contributed by atoms with Gasteiger partial charge in [-0.1, -0.05) is 31.5 Å². The third-order valence-electron chi connectivity index (χ3n) is 4.36. The minimum absolute atomic E-state index is 0.301. The zero-order valence-corrected chi connectivity index (χ0v) is 16.0. The van der Waals surface area contributed by atoms with Crippen LogP contribution in [0.2, 0.25) is 0 Å². The van der Waals surface area contributed by atoms with Crippen LogP contribution in [0.25, 0.3) is 10.9 Å². The number of carbonyl (C=O) groups is 3.